The van der Waals surface area contributed by atoms with E-state index < -0.39 is 5.91 Å². The Kier molecular flexibility index (Phi) is 6.10. The van der Waals surface area contributed by atoms with Crippen LogP contribution in [0.3, 0.4) is 0 Å². The summed E-state index contributed by atoms with van der Waals surface area (Å²) < 4.78 is 0. The van der Waals surface area contributed by atoms with Crippen molar-refractivity contribution in [1.82, 2.24) is 4.98 Å². The highest BCUT2D eigenvalue weighted by atomic mass is 32.2. The monoisotopic (exact) mass is 275 g/mol. The number of amides is 1. The number of aromatic nitrogens is 1. The first-order valence-corrected chi connectivity index (χ1v) is 6.96. The Bertz CT molecular complexity index is 528. The van der Waals surface area contributed by atoms with Gasteiger partial charge in [0.15, 0.2) is 0 Å². The number of carbonyl (C=O) groups excluding carboxylic acids is 1. The van der Waals surface area contributed by atoms with Gasteiger partial charge in [-0.15, -0.1) is 0 Å². The number of allylic oxidation sites excluding steroid dienone is 2. The van der Waals surface area contributed by atoms with Crippen LogP contribution in [-0.2, 0) is 11.2 Å². The van der Waals surface area contributed by atoms with E-state index in [0.717, 1.165) is 18.5 Å². The summed E-state index contributed by atoms with van der Waals surface area (Å²) >= 11 is 1.21. The molecule has 0 fully saturated rings. The second kappa shape index (κ2) is 7.59. The summed E-state index contributed by atoms with van der Waals surface area (Å²) in [5, 5.41) is 9.57. The lowest BCUT2D eigenvalue weighted by molar-refractivity contribution is -0.115. The van der Waals surface area contributed by atoms with Gasteiger partial charge >= 0.3 is 0 Å². The fourth-order valence-electron chi connectivity index (χ4n) is 1.46. The molecule has 1 amide bonds. The molecule has 0 spiro atoms. The number of rotatable bonds is 6. The lowest BCUT2D eigenvalue weighted by Crippen LogP contribution is -2.13. The fraction of sp³-hybridized carbons (Fsp3) is 0.357. The molecule has 2 N–H and O–H groups in total. The average Bonchev–Trinajstić information content (AvgIpc) is 2.36. The third-order valence-corrected chi connectivity index (χ3v) is 3.36. The van der Waals surface area contributed by atoms with Crippen LogP contribution in [0.5, 0.6) is 0 Å². The largest absolute Gasteiger partial charge is 0.369 e. The molecule has 4 nitrogen and oxygen atoms in total. The Morgan fingerprint density at radius 2 is 2.26 bits per heavy atom. The quantitative estimate of drug-likeness (QED) is 0.638. The van der Waals surface area contributed by atoms with Crippen LogP contribution in [-0.4, -0.2) is 16.6 Å². The van der Waals surface area contributed by atoms with E-state index in [9.17, 15) is 4.79 Å². The zero-order valence-corrected chi connectivity index (χ0v) is 12.0. The van der Waals surface area contributed by atoms with Crippen LogP contribution in [0.2, 0.25) is 0 Å². The van der Waals surface area contributed by atoms with Crippen LogP contribution < -0.4 is 5.73 Å². The molecule has 0 aromatic carbocycles. The SMILES string of the molecule is CC(C)=CCCc1ccc(C#N)c(SCC(N)=O)n1. The van der Waals surface area contributed by atoms with Gasteiger partial charge in [0.1, 0.15) is 11.1 Å². The van der Waals surface area contributed by atoms with Gasteiger partial charge in [0.2, 0.25) is 5.91 Å². The van der Waals surface area contributed by atoms with E-state index >= 15 is 0 Å². The summed E-state index contributed by atoms with van der Waals surface area (Å²) in [5.41, 5.74) is 7.78. The molecule has 0 aliphatic carbocycles. The predicted octanol–water partition coefficient (Wildman–Crippen LogP) is 2.43. The standard InChI is InChI=1S/C14H17N3OS/c1-10(2)4-3-5-12-7-6-11(8-15)14(17-12)19-9-13(16)18/h4,6-7H,3,5,9H2,1-2H3,(H2,16,18). The molecule has 0 aliphatic rings. The van der Waals surface area contributed by atoms with Crippen molar-refractivity contribution in [2.24, 2.45) is 5.73 Å². The number of primary amides is 1. The molecule has 1 heterocycles. The molecule has 0 radical (unpaired) electrons. The first-order valence-electron chi connectivity index (χ1n) is 5.97. The maximum atomic E-state index is 10.8. The number of thioether (sulfide) groups is 1. The number of pyridine rings is 1. The minimum Gasteiger partial charge on any atom is -0.369 e. The third kappa shape index (κ3) is 5.58. The van der Waals surface area contributed by atoms with Gasteiger partial charge in [-0.3, -0.25) is 4.79 Å². The van der Waals surface area contributed by atoms with Crippen LogP contribution in [0.1, 0.15) is 31.5 Å². The van der Waals surface area contributed by atoms with Gasteiger partial charge in [0.05, 0.1) is 11.3 Å². The molecule has 0 aliphatic heterocycles. The molecule has 100 valence electrons. The highest BCUT2D eigenvalue weighted by Gasteiger charge is 2.07. The molecule has 5 heteroatoms. The molecule has 1 aromatic rings. The van der Waals surface area contributed by atoms with Crippen molar-refractivity contribution in [2.45, 2.75) is 31.7 Å². The third-order valence-electron chi connectivity index (χ3n) is 2.34. The van der Waals surface area contributed by atoms with Crippen LogP contribution in [0.25, 0.3) is 0 Å². The van der Waals surface area contributed by atoms with Crippen molar-refractivity contribution in [3.05, 3.63) is 35.0 Å². The van der Waals surface area contributed by atoms with Crippen molar-refractivity contribution in [3.8, 4) is 6.07 Å². The smallest absolute Gasteiger partial charge is 0.227 e. The first-order chi connectivity index (χ1) is 9.02. The van der Waals surface area contributed by atoms with Gasteiger partial charge in [-0.05, 0) is 38.8 Å². The van der Waals surface area contributed by atoms with Crippen LogP contribution >= 0.6 is 11.8 Å². The molecule has 0 saturated carbocycles. The molecule has 0 unspecified atom stereocenters. The maximum absolute atomic E-state index is 10.8. The summed E-state index contributed by atoms with van der Waals surface area (Å²) in [7, 11) is 0. The maximum Gasteiger partial charge on any atom is 0.227 e. The lowest BCUT2D eigenvalue weighted by Gasteiger charge is -2.04. The van der Waals surface area contributed by atoms with Crippen molar-refractivity contribution in [1.29, 1.82) is 5.26 Å². The average molecular weight is 275 g/mol. The summed E-state index contributed by atoms with van der Waals surface area (Å²) in [4.78, 5) is 15.2. The van der Waals surface area contributed by atoms with Crippen molar-refractivity contribution in [2.75, 3.05) is 5.75 Å². The summed E-state index contributed by atoms with van der Waals surface area (Å²) in [6.45, 7) is 4.11. The Balaban J connectivity index is 2.80. The molecule has 0 atom stereocenters. The fourth-order valence-corrected chi connectivity index (χ4v) is 2.19. The number of nitrogens with two attached hydrogens (primary N) is 1. The Morgan fingerprint density at radius 3 is 2.84 bits per heavy atom. The van der Waals surface area contributed by atoms with E-state index in [1.54, 1.807) is 6.07 Å². The van der Waals surface area contributed by atoms with E-state index in [1.165, 1.54) is 17.3 Å². The minimum atomic E-state index is -0.411. The van der Waals surface area contributed by atoms with Gasteiger partial charge in [-0.2, -0.15) is 5.26 Å². The van der Waals surface area contributed by atoms with Gasteiger partial charge in [0.25, 0.3) is 0 Å². The molecule has 19 heavy (non-hydrogen) atoms. The Morgan fingerprint density at radius 1 is 1.53 bits per heavy atom. The van der Waals surface area contributed by atoms with E-state index in [-0.39, 0.29) is 5.75 Å². The van der Waals surface area contributed by atoms with Gasteiger partial charge in [-0.25, -0.2) is 4.98 Å². The molecule has 1 rings (SSSR count). The Labute approximate surface area is 117 Å². The highest BCUT2D eigenvalue weighted by Crippen LogP contribution is 2.20. The van der Waals surface area contributed by atoms with Crippen molar-refractivity contribution < 1.29 is 4.79 Å². The summed E-state index contributed by atoms with van der Waals surface area (Å²) in [6.07, 6.45) is 3.89. The second-order valence-corrected chi connectivity index (χ2v) is 5.31. The number of hydrogen-bond acceptors (Lipinski definition) is 4. The Hall–Kier alpha value is -1.80. The van der Waals surface area contributed by atoms with Crippen LogP contribution in [0.4, 0.5) is 0 Å². The molecule has 0 bridgehead atoms. The number of nitriles is 1. The predicted molar refractivity (Wildman–Crippen MR) is 76.6 cm³/mol. The first kappa shape index (κ1) is 15.3. The van der Waals surface area contributed by atoms with E-state index in [1.807, 2.05) is 6.07 Å². The van der Waals surface area contributed by atoms with E-state index in [4.69, 9.17) is 11.0 Å². The van der Waals surface area contributed by atoms with Crippen LogP contribution in [0, 0.1) is 11.3 Å². The number of hydrogen-bond donors (Lipinski definition) is 1. The molecule has 1 aromatic heterocycles. The summed E-state index contributed by atoms with van der Waals surface area (Å²) in [5.74, 6) is -0.273. The highest BCUT2D eigenvalue weighted by molar-refractivity contribution is 7.99. The molecular formula is C14H17N3OS. The second-order valence-electron chi connectivity index (χ2n) is 4.34. The number of aryl methyl sites for hydroxylation is 1. The number of carbonyl (C=O) groups is 1. The van der Waals surface area contributed by atoms with Crippen molar-refractivity contribution >= 4 is 17.7 Å². The van der Waals surface area contributed by atoms with Crippen LogP contribution in [0.15, 0.2) is 28.8 Å². The van der Waals surface area contributed by atoms with E-state index in [0.29, 0.717) is 10.6 Å². The lowest BCUT2D eigenvalue weighted by atomic mass is 10.1. The van der Waals surface area contributed by atoms with Gasteiger partial charge in [0, 0.05) is 5.69 Å². The summed E-state index contributed by atoms with van der Waals surface area (Å²) in [6, 6.07) is 5.67. The zero-order valence-electron chi connectivity index (χ0n) is 11.1. The minimum absolute atomic E-state index is 0.138. The number of nitrogens with zero attached hydrogens (tertiary/aromatic N) is 2. The molecular weight excluding hydrogens is 258 g/mol. The van der Waals surface area contributed by atoms with Gasteiger partial charge < -0.3 is 5.73 Å². The normalized spacial score (nSPS) is 9.74. The van der Waals surface area contributed by atoms with E-state index in [2.05, 4.69) is 31.0 Å². The topological polar surface area (TPSA) is 79.8 Å². The zero-order chi connectivity index (χ0) is 14.3. The molecule has 0 saturated heterocycles. The van der Waals surface area contributed by atoms with Crippen molar-refractivity contribution in [3.63, 3.8) is 0 Å². The van der Waals surface area contributed by atoms with Gasteiger partial charge in [-0.1, -0.05) is 23.4 Å².